The topological polar surface area (TPSA) is 42.0 Å². The van der Waals surface area contributed by atoms with E-state index in [0.717, 1.165) is 16.0 Å². The highest BCUT2D eigenvalue weighted by Crippen LogP contribution is 2.29. The summed E-state index contributed by atoms with van der Waals surface area (Å²) in [7, 11) is 0. The van der Waals surface area contributed by atoms with E-state index in [0.29, 0.717) is 10.7 Å². The normalized spacial score (nSPS) is 10.5. The van der Waals surface area contributed by atoms with Gasteiger partial charge in [-0.05, 0) is 30.2 Å². The molecule has 2 aromatic carbocycles. The van der Waals surface area contributed by atoms with Crippen molar-refractivity contribution in [1.82, 2.24) is 4.98 Å². The summed E-state index contributed by atoms with van der Waals surface area (Å²) in [4.78, 5) is 17.4. The first kappa shape index (κ1) is 14.4. The van der Waals surface area contributed by atoms with Crippen LogP contribution in [-0.4, -0.2) is 10.9 Å². The number of anilines is 1. The molecule has 0 radical (unpaired) electrons. The largest absolute Gasteiger partial charge is 0.298 e. The second kappa shape index (κ2) is 6.07. The minimum absolute atomic E-state index is 0.316. The Morgan fingerprint density at radius 2 is 1.95 bits per heavy atom. The Labute approximate surface area is 131 Å². The number of carbonyl (C=O) groups excluding carboxylic acids is 1. The van der Waals surface area contributed by atoms with Gasteiger partial charge in [-0.25, -0.2) is 9.37 Å². The average molecular weight is 312 g/mol. The number of hydrogen-bond acceptors (Lipinski definition) is 3. The van der Waals surface area contributed by atoms with Crippen molar-refractivity contribution in [2.24, 2.45) is 0 Å². The smallest absolute Gasteiger partial charge is 0.257 e. The standard InChI is InChI=1S/C17H13FN2OS/c1-11-7-8-13(18)9-14(11)16(21)20-17-19-10-15(22-17)12-5-3-2-4-6-12/h2-10H,1H3,(H,19,20,21). The molecule has 22 heavy (non-hydrogen) atoms. The zero-order valence-electron chi connectivity index (χ0n) is 11.8. The van der Waals surface area contributed by atoms with Crippen LogP contribution in [-0.2, 0) is 0 Å². The minimum atomic E-state index is -0.431. The fourth-order valence-corrected chi connectivity index (χ4v) is 2.89. The molecule has 3 aromatic rings. The van der Waals surface area contributed by atoms with Gasteiger partial charge in [-0.2, -0.15) is 0 Å². The molecule has 110 valence electrons. The van der Waals surface area contributed by atoms with E-state index in [1.54, 1.807) is 19.2 Å². The maximum atomic E-state index is 13.3. The van der Waals surface area contributed by atoms with E-state index in [2.05, 4.69) is 10.3 Å². The molecule has 0 aliphatic heterocycles. The first-order valence-electron chi connectivity index (χ1n) is 6.72. The van der Waals surface area contributed by atoms with Gasteiger partial charge < -0.3 is 0 Å². The van der Waals surface area contributed by atoms with Crippen LogP contribution in [0.1, 0.15) is 15.9 Å². The monoisotopic (exact) mass is 312 g/mol. The molecule has 0 spiro atoms. The summed E-state index contributed by atoms with van der Waals surface area (Å²) in [5.41, 5.74) is 2.08. The number of carbonyl (C=O) groups is 1. The van der Waals surface area contributed by atoms with Crippen LogP contribution in [0.25, 0.3) is 10.4 Å². The molecule has 0 saturated carbocycles. The van der Waals surface area contributed by atoms with Crippen molar-refractivity contribution in [3.63, 3.8) is 0 Å². The molecule has 0 fully saturated rings. The first-order valence-corrected chi connectivity index (χ1v) is 7.54. The lowest BCUT2D eigenvalue weighted by Gasteiger charge is -2.05. The van der Waals surface area contributed by atoms with Crippen molar-refractivity contribution in [2.75, 3.05) is 5.32 Å². The number of thiazole rings is 1. The summed E-state index contributed by atoms with van der Waals surface area (Å²) in [6.07, 6.45) is 1.72. The molecule has 0 aliphatic rings. The van der Waals surface area contributed by atoms with E-state index in [-0.39, 0.29) is 5.91 Å². The van der Waals surface area contributed by atoms with Crippen LogP contribution < -0.4 is 5.32 Å². The Hall–Kier alpha value is -2.53. The van der Waals surface area contributed by atoms with Crippen LogP contribution in [0.15, 0.2) is 54.7 Å². The van der Waals surface area contributed by atoms with Gasteiger partial charge in [-0.15, -0.1) is 0 Å². The van der Waals surface area contributed by atoms with Crippen LogP contribution >= 0.6 is 11.3 Å². The van der Waals surface area contributed by atoms with Crippen molar-refractivity contribution in [3.05, 3.63) is 71.7 Å². The predicted octanol–water partition coefficient (Wildman–Crippen LogP) is 4.51. The molecule has 1 heterocycles. The van der Waals surface area contributed by atoms with Crippen LogP contribution in [0.3, 0.4) is 0 Å². The molecule has 5 heteroatoms. The molecule has 0 unspecified atom stereocenters. The number of aromatic nitrogens is 1. The third kappa shape index (κ3) is 3.04. The summed E-state index contributed by atoms with van der Waals surface area (Å²) in [6.45, 7) is 1.77. The van der Waals surface area contributed by atoms with Crippen molar-refractivity contribution in [3.8, 4) is 10.4 Å². The number of amides is 1. The van der Waals surface area contributed by atoms with Crippen LogP contribution in [0.5, 0.6) is 0 Å². The van der Waals surface area contributed by atoms with E-state index < -0.39 is 5.82 Å². The first-order chi connectivity index (χ1) is 10.6. The van der Waals surface area contributed by atoms with Crippen molar-refractivity contribution >= 4 is 22.4 Å². The van der Waals surface area contributed by atoms with Crippen LogP contribution in [0.2, 0.25) is 0 Å². The molecule has 1 aromatic heterocycles. The number of halogens is 1. The van der Waals surface area contributed by atoms with E-state index in [9.17, 15) is 9.18 Å². The summed E-state index contributed by atoms with van der Waals surface area (Å²) in [5, 5.41) is 3.21. The van der Waals surface area contributed by atoms with Gasteiger partial charge in [0.15, 0.2) is 5.13 Å². The maximum absolute atomic E-state index is 13.3. The Balaban J connectivity index is 1.81. The summed E-state index contributed by atoms with van der Waals surface area (Å²) < 4.78 is 13.3. The third-order valence-corrected chi connectivity index (χ3v) is 4.19. The predicted molar refractivity (Wildman–Crippen MR) is 86.6 cm³/mol. The summed E-state index contributed by atoms with van der Waals surface area (Å²) in [5.74, 6) is -0.786. The fourth-order valence-electron chi connectivity index (χ4n) is 2.07. The van der Waals surface area contributed by atoms with Crippen molar-refractivity contribution < 1.29 is 9.18 Å². The number of nitrogens with zero attached hydrogens (tertiary/aromatic N) is 1. The van der Waals surface area contributed by atoms with Gasteiger partial charge >= 0.3 is 0 Å². The Bertz CT molecular complexity index is 815. The second-order valence-electron chi connectivity index (χ2n) is 4.81. The quantitative estimate of drug-likeness (QED) is 0.773. The number of aryl methyl sites for hydroxylation is 1. The molecule has 3 nitrogen and oxygen atoms in total. The van der Waals surface area contributed by atoms with Gasteiger partial charge in [0.1, 0.15) is 5.82 Å². The van der Waals surface area contributed by atoms with E-state index in [1.807, 2.05) is 30.3 Å². The lowest BCUT2D eigenvalue weighted by molar-refractivity contribution is 0.102. The van der Waals surface area contributed by atoms with Crippen molar-refractivity contribution in [1.29, 1.82) is 0 Å². The highest BCUT2D eigenvalue weighted by Gasteiger charge is 2.13. The molecule has 1 amide bonds. The number of hydrogen-bond donors (Lipinski definition) is 1. The van der Waals surface area contributed by atoms with E-state index in [4.69, 9.17) is 0 Å². The van der Waals surface area contributed by atoms with Crippen LogP contribution in [0, 0.1) is 12.7 Å². The number of rotatable bonds is 3. The Kier molecular flexibility index (Phi) is 3.98. The molecule has 0 aliphatic carbocycles. The van der Waals surface area contributed by atoms with Gasteiger partial charge in [0, 0.05) is 11.8 Å². The third-order valence-electron chi connectivity index (χ3n) is 3.23. The van der Waals surface area contributed by atoms with E-state index >= 15 is 0 Å². The van der Waals surface area contributed by atoms with E-state index in [1.165, 1.54) is 23.5 Å². The maximum Gasteiger partial charge on any atom is 0.257 e. The zero-order valence-corrected chi connectivity index (χ0v) is 12.7. The molecule has 1 N–H and O–H groups in total. The van der Waals surface area contributed by atoms with Gasteiger partial charge in [-0.3, -0.25) is 10.1 Å². The molecular weight excluding hydrogens is 299 g/mol. The summed E-state index contributed by atoms with van der Waals surface area (Å²) in [6, 6.07) is 14.0. The molecule has 0 bridgehead atoms. The summed E-state index contributed by atoms with van der Waals surface area (Å²) >= 11 is 1.38. The Morgan fingerprint density at radius 1 is 1.18 bits per heavy atom. The lowest BCUT2D eigenvalue weighted by atomic mass is 10.1. The Morgan fingerprint density at radius 3 is 2.73 bits per heavy atom. The zero-order chi connectivity index (χ0) is 15.5. The molecule has 0 saturated heterocycles. The highest BCUT2D eigenvalue weighted by molar-refractivity contribution is 7.19. The number of nitrogens with one attached hydrogen (secondary N) is 1. The fraction of sp³-hybridized carbons (Fsp3) is 0.0588. The van der Waals surface area contributed by atoms with Crippen molar-refractivity contribution in [2.45, 2.75) is 6.92 Å². The van der Waals surface area contributed by atoms with Gasteiger partial charge in [0.25, 0.3) is 5.91 Å². The minimum Gasteiger partial charge on any atom is -0.298 e. The SMILES string of the molecule is Cc1ccc(F)cc1C(=O)Nc1ncc(-c2ccccc2)s1. The van der Waals surface area contributed by atoms with Crippen LogP contribution in [0.4, 0.5) is 9.52 Å². The highest BCUT2D eigenvalue weighted by atomic mass is 32.1. The van der Waals surface area contributed by atoms with Gasteiger partial charge in [-0.1, -0.05) is 47.7 Å². The molecular formula is C17H13FN2OS. The average Bonchev–Trinajstić information content (AvgIpc) is 2.99. The lowest BCUT2D eigenvalue weighted by Crippen LogP contribution is -2.13. The second-order valence-corrected chi connectivity index (χ2v) is 5.84. The van der Waals surface area contributed by atoms with Gasteiger partial charge in [0.2, 0.25) is 0 Å². The molecule has 0 atom stereocenters. The molecule has 3 rings (SSSR count). The van der Waals surface area contributed by atoms with Gasteiger partial charge in [0.05, 0.1) is 4.88 Å². The number of benzene rings is 2.